The Hall–Kier alpha value is -4.82. The molecule has 4 aromatic rings. The summed E-state index contributed by atoms with van der Waals surface area (Å²) in [7, 11) is 0. The average Bonchev–Trinajstić information content (AvgIpc) is 3.34. The lowest BCUT2D eigenvalue weighted by atomic mass is 10.1. The van der Waals surface area contributed by atoms with E-state index in [4.69, 9.17) is 9.15 Å². The van der Waals surface area contributed by atoms with Crippen LogP contribution in [-0.2, 0) is 4.74 Å². The van der Waals surface area contributed by atoms with Crippen molar-refractivity contribution in [3.8, 4) is 17.3 Å². The molecule has 0 amide bonds. The number of nitro benzene ring substituents is 1. The molecule has 0 aliphatic rings. The van der Waals surface area contributed by atoms with Gasteiger partial charge < -0.3 is 14.5 Å². The summed E-state index contributed by atoms with van der Waals surface area (Å²) in [4.78, 5) is 39.1. The van der Waals surface area contributed by atoms with Gasteiger partial charge in [-0.15, -0.1) is 11.3 Å². The number of non-ortho nitro benzene ring substituents is 1. The highest BCUT2D eigenvalue weighted by molar-refractivity contribution is 7.11. The van der Waals surface area contributed by atoms with Crippen molar-refractivity contribution >= 4 is 45.2 Å². The molecule has 0 atom stereocenters. The van der Waals surface area contributed by atoms with Gasteiger partial charge >= 0.3 is 11.6 Å². The number of nitro groups is 1. The topological polar surface area (TPSA) is 148 Å². The van der Waals surface area contributed by atoms with Crippen molar-refractivity contribution in [3.05, 3.63) is 91.2 Å². The van der Waals surface area contributed by atoms with Crippen LogP contribution in [-0.4, -0.2) is 22.5 Å². The molecule has 0 saturated carbocycles. The Kier molecular flexibility index (Phi) is 6.66. The lowest BCUT2D eigenvalue weighted by Gasteiger charge is -2.04. The first-order chi connectivity index (χ1) is 16.9. The largest absolute Gasteiger partial charge is 0.462 e. The molecular formula is C24H16N4O6S. The molecule has 0 fully saturated rings. The zero-order chi connectivity index (χ0) is 24.9. The minimum atomic E-state index is -0.648. The predicted octanol–water partition coefficient (Wildman–Crippen LogP) is 4.98. The van der Waals surface area contributed by atoms with Crippen LogP contribution in [0.1, 0.15) is 22.3 Å². The number of nitriles is 1. The molecule has 0 bridgehead atoms. The van der Waals surface area contributed by atoms with Crippen molar-refractivity contribution < 1.29 is 18.9 Å². The third-order valence-corrected chi connectivity index (χ3v) is 5.71. The molecule has 174 valence electrons. The van der Waals surface area contributed by atoms with Crippen LogP contribution in [0.15, 0.2) is 69.3 Å². The molecule has 0 unspecified atom stereocenters. The first-order valence-corrected chi connectivity index (χ1v) is 11.1. The summed E-state index contributed by atoms with van der Waals surface area (Å²) in [5.41, 5.74) is 1.11. The van der Waals surface area contributed by atoms with Gasteiger partial charge in [0.25, 0.3) is 5.69 Å². The summed E-state index contributed by atoms with van der Waals surface area (Å²) in [5.74, 6) is -0.421. The molecule has 2 aromatic heterocycles. The molecule has 35 heavy (non-hydrogen) atoms. The summed E-state index contributed by atoms with van der Waals surface area (Å²) in [6.45, 7) is 2.01. The minimum Gasteiger partial charge on any atom is -0.462 e. The molecule has 0 aliphatic heterocycles. The summed E-state index contributed by atoms with van der Waals surface area (Å²) >= 11 is 1.15. The number of carbonyl (C=O) groups excluding carboxylic acids is 1. The van der Waals surface area contributed by atoms with Crippen LogP contribution in [0.2, 0.25) is 0 Å². The van der Waals surface area contributed by atoms with Gasteiger partial charge in [0.1, 0.15) is 22.2 Å². The molecule has 0 spiro atoms. The van der Waals surface area contributed by atoms with E-state index >= 15 is 0 Å². The zero-order valence-electron chi connectivity index (χ0n) is 18.2. The SMILES string of the molecule is CCOC(=O)c1ccc(N/C=C(\C#N)c2nc(-c3cc4cc([N+](=O)[O-])ccc4oc3=O)cs2)cc1. The van der Waals surface area contributed by atoms with E-state index in [0.717, 1.165) is 11.3 Å². The molecular weight excluding hydrogens is 472 g/mol. The van der Waals surface area contributed by atoms with Crippen LogP contribution in [0, 0.1) is 21.4 Å². The highest BCUT2D eigenvalue weighted by Crippen LogP contribution is 2.28. The maximum Gasteiger partial charge on any atom is 0.345 e. The molecule has 1 N–H and O–H groups in total. The van der Waals surface area contributed by atoms with Gasteiger partial charge in [-0.1, -0.05) is 0 Å². The summed E-state index contributed by atoms with van der Waals surface area (Å²) in [5, 5.41) is 26.0. The number of carbonyl (C=O) groups is 1. The Morgan fingerprint density at radius 2 is 2.06 bits per heavy atom. The second kappa shape index (κ2) is 9.98. The number of hydrogen-bond acceptors (Lipinski definition) is 10. The van der Waals surface area contributed by atoms with E-state index in [1.165, 1.54) is 30.5 Å². The van der Waals surface area contributed by atoms with E-state index in [1.807, 2.05) is 0 Å². The molecule has 0 aliphatic carbocycles. The Morgan fingerprint density at radius 3 is 2.74 bits per heavy atom. The normalized spacial score (nSPS) is 11.1. The van der Waals surface area contributed by atoms with Crippen LogP contribution < -0.4 is 10.9 Å². The molecule has 2 heterocycles. The standard InChI is InChI=1S/C24H16N4O6S/c1-2-33-23(29)14-3-5-17(6-4-14)26-12-16(11-25)22-27-20(13-35-22)19-10-15-9-18(28(31)32)7-8-21(15)34-24(19)30/h3-10,12-13,26H,2H2,1H3/b16-12+. The van der Waals surface area contributed by atoms with Gasteiger partial charge in [0.2, 0.25) is 0 Å². The van der Waals surface area contributed by atoms with Gasteiger partial charge in [-0.2, -0.15) is 5.26 Å². The number of thiazole rings is 1. The summed E-state index contributed by atoms with van der Waals surface area (Å²) < 4.78 is 10.2. The van der Waals surface area contributed by atoms with Crippen molar-refractivity contribution in [1.29, 1.82) is 5.26 Å². The predicted molar refractivity (Wildman–Crippen MR) is 130 cm³/mol. The summed E-state index contributed by atoms with van der Waals surface area (Å²) in [6.07, 6.45) is 1.47. The van der Waals surface area contributed by atoms with Crippen molar-refractivity contribution in [2.45, 2.75) is 6.92 Å². The van der Waals surface area contributed by atoms with E-state index in [0.29, 0.717) is 21.6 Å². The van der Waals surface area contributed by atoms with Gasteiger partial charge in [-0.05, 0) is 43.3 Å². The first-order valence-electron chi connectivity index (χ1n) is 10.2. The summed E-state index contributed by atoms with van der Waals surface area (Å²) in [6, 6.07) is 14.0. The van der Waals surface area contributed by atoms with Crippen LogP contribution in [0.4, 0.5) is 11.4 Å². The van der Waals surface area contributed by atoms with Crippen molar-refractivity contribution in [3.63, 3.8) is 0 Å². The lowest BCUT2D eigenvalue weighted by Crippen LogP contribution is -2.04. The Labute approximate surface area is 201 Å². The van der Waals surface area contributed by atoms with Crippen LogP contribution >= 0.6 is 11.3 Å². The fourth-order valence-corrected chi connectivity index (χ4v) is 3.92. The van der Waals surface area contributed by atoms with E-state index < -0.39 is 16.5 Å². The van der Waals surface area contributed by atoms with E-state index in [2.05, 4.69) is 16.4 Å². The number of fused-ring (bicyclic) bond motifs is 1. The van der Waals surface area contributed by atoms with Crippen LogP contribution in [0.25, 0.3) is 27.8 Å². The van der Waals surface area contributed by atoms with Crippen LogP contribution in [0.3, 0.4) is 0 Å². The quantitative estimate of drug-likeness (QED) is 0.125. The second-order valence-electron chi connectivity index (χ2n) is 7.08. The van der Waals surface area contributed by atoms with Crippen molar-refractivity contribution in [2.75, 3.05) is 11.9 Å². The number of benzene rings is 2. The molecule has 2 aromatic carbocycles. The monoisotopic (exact) mass is 488 g/mol. The van der Waals surface area contributed by atoms with E-state index in [1.54, 1.807) is 36.6 Å². The Bertz CT molecular complexity index is 1560. The fourth-order valence-electron chi connectivity index (χ4n) is 3.14. The molecule has 0 saturated heterocycles. The third-order valence-electron chi connectivity index (χ3n) is 4.84. The number of anilines is 1. The van der Waals surface area contributed by atoms with E-state index in [-0.39, 0.29) is 34.7 Å². The number of ether oxygens (including phenoxy) is 1. The highest BCUT2D eigenvalue weighted by Gasteiger charge is 2.15. The number of rotatable bonds is 7. The smallest absolute Gasteiger partial charge is 0.345 e. The molecule has 4 rings (SSSR count). The van der Waals surface area contributed by atoms with Gasteiger partial charge in [-0.25, -0.2) is 14.6 Å². The average molecular weight is 488 g/mol. The van der Waals surface area contributed by atoms with Gasteiger partial charge in [0.15, 0.2) is 0 Å². The second-order valence-corrected chi connectivity index (χ2v) is 7.93. The van der Waals surface area contributed by atoms with Crippen molar-refractivity contribution in [1.82, 2.24) is 4.98 Å². The Balaban J connectivity index is 1.58. The van der Waals surface area contributed by atoms with Gasteiger partial charge in [0.05, 0.1) is 28.4 Å². The number of esters is 1. The molecule has 0 radical (unpaired) electrons. The highest BCUT2D eigenvalue weighted by atomic mass is 32.1. The van der Waals surface area contributed by atoms with Gasteiger partial charge in [-0.3, -0.25) is 10.1 Å². The number of nitrogens with zero attached hydrogens (tertiary/aromatic N) is 3. The number of aromatic nitrogens is 1. The number of hydrogen-bond donors (Lipinski definition) is 1. The fraction of sp³-hybridized carbons (Fsp3) is 0.0833. The zero-order valence-corrected chi connectivity index (χ0v) is 19.0. The maximum atomic E-state index is 12.5. The number of allylic oxidation sites excluding steroid dienone is 1. The molecule has 10 nitrogen and oxygen atoms in total. The van der Waals surface area contributed by atoms with E-state index in [9.17, 15) is 25.0 Å². The molecule has 11 heteroatoms. The maximum absolute atomic E-state index is 12.5. The Morgan fingerprint density at radius 1 is 1.29 bits per heavy atom. The lowest BCUT2D eigenvalue weighted by molar-refractivity contribution is -0.384. The minimum absolute atomic E-state index is 0.125. The van der Waals surface area contributed by atoms with Crippen LogP contribution in [0.5, 0.6) is 0 Å². The number of nitrogens with one attached hydrogen (secondary N) is 1. The van der Waals surface area contributed by atoms with Gasteiger partial charge in [0, 0.05) is 34.8 Å². The third kappa shape index (κ3) is 5.07. The first kappa shape index (κ1) is 23.3. The van der Waals surface area contributed by atoms with Crippen molar-refractivity contribution in [2.24, 2.45) is 0 Å².